The lowest BCUT2D eigenvalue weighted by Gasteiger charge is -2.50. The lowest BCUT2D eigenvalue weighted by atomic mass is 9.82. The van der Waals surface area contributed by atoms with Gasteiger partial charge in [0.15, 0.2) is 0 Å². The number of alkyl halides is 3. The number of hydrogen-bond acceptors (Lipinski definition) is 4. The maximum absolute atomic E-state index is 13.3. The maximum Gasteiger partial charge on any atom is 0.416 e. The van der Waals surface area contributed by atoms with Gasteiger partial charge in [-0.3, -0.25) is 4.79 Å². The Balaban J connectivity index is 1.63. The van der Waals surface area contributed by atoms with Crippen LogP contribution in [-0.4, -0.2) is 51.8 Å². The van der Waals surface area contributed by atoms with Crippen LogP contribution in [0.1, 0.15) is 17.5 Å². The van der Waals surface area contributed by atoms with Crippen molar-refractivity contribution in [2.24, 2.45) is 5.92 Å². The first-order chi connectivity index (χ1) is 15.8. The highest BCUT2D eigenvalue weighted by Crippen LogP contribution is 2.40. The molecular weight excluding hydrogens is 455 g/mol. The van der Waals surface area contributed by atoms with Gasteiger partial charge in [-0.1, -0.05) is 23.7 Å². The number of amides is 1. The van der Waals surface area contributed by atoms with E-state index in [0.717, 1.165) is 17.4 Å². The van der Waals surface area contributed by atoms with E-state index in [4.69, 9.17) is 16.3 Å². The van der Waals surface area contributed by atoms with Gasteiger partial charge < -0.3 is 19.9 Å². The Morgan fingerprint density at radius 2 is 1.97 bits per heavy atom. The molecule has 2 aliphatic heterocycles. The van der Waals surface area contributed by atoms with Crippen LogP contribution in [0.4, 0.5) is 24.5 Å². The number of para-hydroxylation sites is 1. The third-order valence-electron chi connectivity index (χ3n) is 6.39. The molecule has 0 aliphatic carbocycles. The number of benzene rings is 2. The predicted octanol–water partition coefficient (Wildman–Crippen LogP) is 4.38. The van der Waals surface area contributed by atoms with Gasteiger partial charge in [0.1, 0.15) is 0 Å². The first-order valence-electron chi connectivity index (χ1n) is 11.0. The summed E-state index contributed by atoms with van der Waals surface area (Å²) in [7, 11) is 1.60. The quantitative estimate of drug-likeness (QED) is 0.622. The highest BCUT2D eigenvalue weighted by Gasteiger charge is 2.43. The molecule has 2 atom stereocenters. The fourth-order valence-electron chi connectivity index (χ4n) is 4.79. The van der Waals surface area contributed by atoms with Crippen LogP contribution >= 0.6 is 11.6 Å². The highest BCUT2D eigenvalue weighted by molar-refractivity contribution is 6.33. The average Bonchev–Trinajstić information content (AvgIpc) is 2.80. The molecular formula is C24H27ClF3N3O2. The van der Waals surface area contributed by atoms with E-state index in [9.17, 15) is 18.0 Å². The third kappa shape index (κ3) is 5.06. The molecule has 1 amide bonds. The summed E-state index contributed by atoms with van der Waals surface area (Å²) >= 11 is 6.42. The Bertz CT molecular complexity index is 1000. The SMILES string of the molecule is COCCCNC(=O)[C@@H]1Cc2cc(C(F)(F)F)ccc2N2CCN(c3ccccc3Cl)C[C@@H]12. The van der Waals surface area contributed by atoms with E-state index < -0.39 is 17.7 Å². The van der Waals surface area contributed by atoms with Crippen molar-refractivity contribution in [3.63, 3.8) is 0 Å². The number of hydrogen-bond donors (Lipinski definition) is 1. The summed E-state index contributed by atoms with van der Waals surface area (Å²) in [6.45, 7) is 2.78. The molecule has 9 heteroatoms. The van der Waals surface area contributed by atoms with Crippen molar-refractivity contribution in [3.05, 3.63) is 58.6 Å². The standard InChI is InChI=1S/C24H27ClF3N3O2/c1-33-12-4-9-29-23(32)18-14-16-13-17(24(26,27)28)7-8-20(16)31-11-10-30(15-22(18)31)21-6-3-2-5-19(21)25/h2-3,5-8,13,18,22H,4,9-12,14-15H2,1H3,(H,29,32)/t18-,22+/m1/s1. The van der Waals surface area contributed by atoms with E-state index in [1.807, 2.05) is 24.3 Å². The second-order valence-electron chi connectivity index (χ2n) is 8.45. The molecule has 2 aliphatic rings. The molecule has 0 spiro atoms. The van der Waals surface area contributed by atoms with Crippen molar-refractivity contribution in [3.8, 4) is 0 Å². The molecule has 5 nitrogen and oxygen atoms in total. The van der Waals surface area contributed by atoms with E-state index in [1.54, 1.807) is 13.2 Å². The van der Waals surface area contributed by atoms with Crippen LogP contribution in [0.2, 0.25) is 5.02 Å². The summed E-state index contributed by atoms with van der Waals surface area (Å²) in [6.07, 6.45) is -3.50. The average molecular weight is 482 g/mol. The van der Waals surface area contributed by atoms with Crippen LogP contribution in [0.25, 0.3) is 0 Å². The zero-order valence-corrected chi connectivity index (χ0v) is 19.1. The molecule has 0 unspecified atom stereocenters. The van der Waals surface area contributed by atoms with Gasteiger partial charge >= 0.3 is 6.18 Å². The summed E-state index contributed by atoms with van der Waals surface area (Å²) in [5, 5.41) is 3.59. The minimum absolute atomic E-state index is 0.148. The van der Waals surface area contributed by atoms with Crippen LogP contribution in [0.15, 0.2) is 42.5 Å². The monoisotopic (exact) mass is 481 g/mol. The minimum Gasteiger partial charge on any atom is -0.385 e. The van der Waals surface area contributed by atoms with Crippen molar-refractivity contribution >= 4 is 28.9 Å². The number of fused-ring (bicyclic) bond motifs is 3. The Labute approximate surface area is 196 Å². The molecule has 0 saturated carbocycles. The Kier molecular flexibility index (Phi) is 7.05. The number of carbonyl (C=O) groups is 1. The number of nitrogens with one attached hydrogen (secondary N) is 1. The second-order valence-corrected chi connectivity index (χ2v) is 8.85. The smallest absolute Gasteiger partial charge is 0.385 e. The van der Waals surface area contributed by atoms with Gasteiger partial charge in [-0.15, -0.1) is 0 Å². The van der Waals surface area contributed by atoms with Crippen LogP contribution in [0.3, 0.4) is 0 Å². The van der Waals surface area contributed by atoms with Gasteiger partial charge in [0, 0.05) is 45.6 Å². The fraction of sp³-hybridized carbons (Fsp3) is 0.458. The van der Waals surface area contributed by atoms with Gasteiger partial charge in [0.05, 0.1) is 28.2 Å². The molecule has 2 aromatic carbocycles. The number of methoxy groups -OCH3 is 1. The molecule has 0 bridgehead atoms. The van der Waals surface area contributed by atoms with Crippen molar-refractivity contribution < 1.29 is 22.7 Å². The molecule has 178 valence electrons. The molecule has 0 aromatic heterocycles. The third-order valence-corrected chi connectivity index (χ3v) is 6.71. The summed E-state index contributed by atoms with van der Waals surface area (Å²) < 4.78 is 45.1. The Hall–Kier alpha value is -2.45. The normalized spacial score (nSPS) is 20.3. The molecule has 33 heavy (non-hydrogen) atoms. The number of piperazine rings is 1. The van der Waals surface area contributed by atoms with E-state index in [-0.39, 0.29) is 18.4 Å². The number of ether oxygens (including phenoxy) is 1. The van der Waals surface area contributed by atoms with Gasteiger partial charge in [-0.2, -0.15) is 13.2 Å². The van der Waals surface area contributed by atoms with Crippen LogP contribution in [-0.2, 0) is 22.1 Å². The minimum atomic E-state index is -4.42. The molecule has 1 N–H and O–H groups in total. The zero-order chi connectivity index (χ0) is 23.6. The number of anilines is 2. The summed E-state index contributed by atoms with van der Waals surface area (Å²) in [6, 6.07) is 11.3. The Morgan fingerprint density at radius 1 is 1.18 bits per heavy atom. The van der Waals surface area contributed by atoms with Crippen molar-refractivity contribution in [1.82, 2.24) is 5.32 Å². The molecule has 0 radical (unpaired) electrons. The molecule has 2 aromatic rings. The number of nitrogens with zero attached hydrogens (tertiary/aromatic N) is 2. The number of halogens is 4. The van der Waals surface area contributed by atoms with Gasteiger partial charge in [-0.05, 0) is 48.7 Å². The van der Waals surface area contributed by atoms with E-state index >= 15 is 0 Å². The van der Waals surface area contributed by atoms with Crippen molar-refractivity contribution in [2.75, 3.05) is 49.7 Å². The molecule has 1 fully saturated rings. The first kappa shape index (κ1) is 23.7. The lowest BCUT2D eigenvalue weighted by molar-refractivity contribution is -0.137. The largest absolute Gasteiger partial charge is 0.416 e. The van der Waals surface area contributed by atoms with Crippen LogP contribution in [0, 0.1) is 5.92 Å². The van der Waals surface area contributed by atoms with Gasteiger partial charge in [0.25, 0.3) is 0 Å². The second kappa shape index (κ2) is 9.81. The maximum atomic E-state index is 13.3. The van der Waals surface area contributed by atoms with Crippen molar-refractivity contribution in [2.45, 2.75) is 25.1 Å². The highest BCUT2D eigenvalue weighted by atomic mass is 35.5. The van der Waals surface area contributed by atoms with E-state index in [1.165, 1.54) is 6.07 Å². The van der Waals surface area contributed by atoms with E-state index in [2.05, 4.69) is 15.1 Å². The molecule has 2 heterocycles. The zero-order valence-electron chi connectivity index (χ0n) is 18.4. The Morgan fingerprint density at radius 3 is 2.70 bits per heavy atom. The van der Waals surface area contributed by atoms with Crippen LogP contribution < -0.4 is 15.1 Å². The van der Waals surface area contributed by atoms with Crippen molar-refractivity contribution in [1.29, 1.82) is 0 Å². The fourth-order valence-corrected chi connectivity index (χ4v) is 5.04. The first-order valence-corrected chi connectivity index (χ1v) is 11.4. The number of rotatable bonds is 6. The summed E-state index contributed by atoms with van der Waals surface area (Å²) in [4.78, 5) is 17.4. The topological polar surface area (TPSA) is 44.8 Å². The molecule has 4 rings (SSSR count). The lowest BCUT2D eigenvalue weighted by Crippen LogP contribution is -2.61. The van der Waals surface area contributed by atoms with Gasteiger partial charge in [-0.25, -0.2) is 0 Å². The van der Waals surface area contributed by atoms with E-state index in [0.29, 0.717) is 49.8 Å². The van der Waals surface area contributed by atoms with Gasteiger partial charge in [0.2, 0.25) is 5.91 Å². The molecule has 1 saturated heterocycles. The summed E-state index contributed by atoms with van der Waals surface area (Å²) in [5.74, 6) is -0.626. The van der Waals surface area contributed by atoms with Crippen LogP contribution in [0.5, 0.6) is 0 Å². The summed E-state index contributed by atoms with van der Waals surface area (Å²) in [5.41, 5.74) is 1.55. The number of carbonyl (C=O) groups excluding carboxylic acids is 1. The predicted molar refractivity (Wildman–Crippen MR) is 123 cm³/mol.